The lowest BCUT2D eigenvalue weighted by molar-refractivity contribution is -0.117. The fourth-order valence-electron chi connectivity index (χ4n) is 2.53. The van der Waals surface area contributed by atoms with E-state index in [4.69, 9.17) is 25.8 Å². The van der Waals surface area contributed by atoms with Crippen molar-refractivity contribution < 1.29 is 19.0 Å². The highest BCUT2D eigenvalue weighted by Gasteiger charge is 2.12. The average Bonchev–Trinajstić information content (AvgIpc) is 2.65. The summed E-state index contributed by atoms with van der Waals surface area (Å²) in [7, 11) is 1.86. The predicted molar refractivity (Wildman–Crippen MR) is 112 cm³/mol. The second kappa shape index (κ2) is 11.4. The molecule has 0 aliphatic heterocycles. The first kappa shape index (κ1) is 21.9. The molecule has 0 unspecified atom stereocenters. The van der Waals surface area contributed by atoms with E-state index in [1.165, 1.54) is 0 Å². The molecular formula is C21H27ClN2O4. The number of hydrogen-bond donors (Lipinski definition) is 1. The number of benzene rings is 2. The molecule has 28 heavy (non-hydrogen) atoms. The number of anilines is 1. The number of carbonyl (C=O) groups is 1. The van der Waals surface area contributed by atoms with Crippen LogP contribution in [0.5, 0.6) is 17.2 Å². The van der Waals surface area contributed by atoms with Gasteiger partial charge < -0.3 is 19.5 Å². The van der Waals surface area contributed by atoms with Crippen molar-refractivity contribution in [1.82, 2.24) is 4.90 Å². The van der Waals surface area contributed by atoms with Crippen LogP contribution in [0.1, 0.15) is 13.8 Å². The quantitative estimate of drug-likeness (QED) is 0.609. The maximum absolute atomic E-state index is 12.4. The Bertz CT molecular complexity index is 770. The van der Waals surface area contributed by atoms with Crippen molar-refractivity contribution in [3.8, 4) is 17.2 Å². The largest absolute Gasteiger partial charge is 0.494 e. The summed E-state index contributed by atoms with van der Waals surface area (Å²) in [6.45, 7) is 6.10. The zero-order valence-corrected chi connectivity index (χ0v) is 17.3. The van der Waals surface area contributed by atoms with Gasteiger partial charge in [-0.15, -0.1) is 0 Å². The minimum absolute atomic E-state index is 0.144. The Labute approximate surface area is 171 Å². The first-order chi connectivity index (χ1) is 13.5. The number of nitrogens with one attached hydrogen (secondary N) is 1. The Morgan fingerprint density at radius 2 is 1.79 bits per heavy atom. The van der Waals surface area contributed by atoms with Crippen molar-refractivity contribution in [1.29, 1.82) is 0 Å². The molecule has 1 N–H and O–H groups in total. The molecule has 1 amide bonds. The summed E-state index contributed by atoms with van der Waals surface area (Å²) in [5, 5.41) is 3.46. The standard InChI is InChI=1S/C21H27ClN2O4/c1-4-26-16-10-11-20(27-5-2)18(14-16)23-21(25)15-24(3)12-13-28-19-9-7-6-8-17(19)22/h6-11,14H,4-5,12-13,15H2,1-3H3,(H,23,25). The van der Waals surface area contributed by atoms with E-state index in [9.17, 15) is 4.79 Å². The van der Waals surface area contributed by atoms with Crippen LogP contribution in [0.25, 0.3) is 0 Å². The number of halogens is 1. The monoisotopic (exact) mass is 406 g/mol. The molecule has 0 aromatic heterocycles. The van der Waals surface area contributed by atoms with Crippen molar-refractivity contribution in [2.24, 2.45) is 0 Å². The smallest absolute Gasteiger partial charge is 0.238 e. The second-order valence-corrected chi connectivity index (χ2v) is 6.50. The topological polar surface area (TPSA) is 60.0 Å². The van der Waals surface area contributed by atoms with Gasteiger partial charge in [-0.2, -0.15) is 0 Å². The maximum atomic E-state index is 12.4. The number of carbonyl (C=O) groups excluding carboxylic acids is 1. The van der Waals surface area contributed by atoms with E-state index in [1.807, 2.05) is 50.1 Å². The number of amides is 1. The zero-order chi connectivity index (χ0) is 20.4. The number of rotatable bonds is 11. The number of para-hydroxylation sites is 1. The fraction of sp³-hybridized carbons (Fsp3) is 0.381. The Morgan fingerprint density at radius 1 is 1.04 bits per heavy atom. The highest BCUT2D eigenvalue weighted by atomic mass is 35.5. The molecule has 0 aliphatic carbocycles. The third-order valence-corrected chi connectivity index (χ3v) is 4.13. The molecule has 2 aromatic rings. The van der Waals surface area contributed by atoms with E-state index in [2.05, 4.69) is 5.32 Å². The third kappa shape index (κ3) is 6.94. The Kier molecular flexibility index (Phi) is 8.91. The van der Waals surface area contributed by atoms with Gasteiger partial charge in [0.05, 0.1) is 30.5 Å². The van der Waals surface area contributed by atoms with Crippen LogP contribution in [0.4, 0.5) is 5.69 Å². The van der Waals surface area contributed by atoms with Crippen molar-refractivity contribution in [2.45, 2.75) is 13.8 Å². The molecule has 0 heterocycles. The van der Waals surface area contributed by atoms with Crippen molar-refractivity contribution >= 4 is 23.2 Å². The van der Waals surface area contributed by atoms with E-state index in [0.29, 0.717) is 54.3 Å². The molecule has 0 spiro atoms. The van der Waals surface area contributed by atoms with E-state index >= 15 is 0 Å². The van der Waals surface area contributed by atoms with Crippen molar-refractivity contribution in [2.75, 3.05) is 45.3 Å². The third-order valence-electron chi connectivity index (χ3n) is 3.82. The van der Waals surface area contributed by atoms with Crippen LogP contribution in [-0.4, -0.2) is 50.8 Å². The molecule has 152 valence electrons. The lowest BCUT2D eigenvalue weighted by atomic mass is 10.2. The Balaban J connectivity index is 1.86. The minimum atomic E-state index is -0.144. The van der Waals surface area contributed by atoms with Crippen LogP contribution in [-0.2, 0) is 4.79 Å². The zero-order valence-electron chi connectivity index (χ0n) is 16.5. The lowest BCUT2D eigenvalue weighted by Crippen LogP contribution is -2.33. The normalized spacial score (nSPS) is 10.6. The summed E-state index contributed by atoms with van der Waals surface area (Å²) in [4.78, 5) is 14.3. The Hall–Kier alpha value is -2.44. The van der Waals surface area contributed by atoms with Crippen LogP contribution in [0.15, 0.2) is 42.5 Å². The number of likely N-dealkylation sites (N-methyl/N-ethyl adjacent to an activating group) is 1. The average molecular weight is 407 g/mol. The van der Waals surface area contributed by atoms with Gasteiger partial charge in [0.25, 0.3) is 0 Å². The van der Waals surface area contributed by atoms with Gasteiger partial charge in [-0.25, -0.2) is 0 Å². The van der Waals surface area contributed by atoms with Gasteiger partial charge in [0, 0.05) is 12.6 Å². The van der Waals surface area contributed by atoms with E-state index in [-0.39, 0.29) is 12.5 Å². The molecule has 2 aromatic carbocycles. The number of hydrogen-bond acceptors (Lipinski definition) is 5. The van der Waals surface area contributed by atoms with Crippen LogP contribution in [0, 0.1) is 0 Å². The second-order valence-electron chi connectivity index (χ2n) is 6.09. The van der Waals surface area contributed by atoms with Crippen LogP contribution in [0.3, 0.4) is 0 Å². The van der Waals surface area contributed by atoms with Gasteiger partial charge in [0.15, 0.2) is 0 Å². The molecule has 0 bridgehead atoms. The van der Waals surface area contributed by atoms with E-state index < -0.39 is 0 Å². The van der Waals surface area contributed by atoms with Gasteiger partial charge in [-0.1, -0.05) is 23.7 Å². The molecule has 7 heteroatoms. The lowest BCUT2D eigenvalue weighted by Gasteiger charge is -2.18. The van der Waals surface area contributed by atoms with Gasteiger partial charge in [0.1, 0.15) is 23.9 Å². The molecule has 0 atom stereocenters. The summed E-state index contributed by atoms with van der Waals surface area (Å²) in [6.07, 6.45) is 0. The molecule has 0 fully saturated rings. The molecule has 0 aliphatic rings. The van der Waals surface area contributed by atoms with Gasteiger partial charge >= 0.3 is 0 Å². The first-order valence-electron chi connectivity index (χ1n) is 9.28. The van der Waals surface area contributed by atoms with Crippen LogP contribution < -0.4 is 19.5 Å². The van der Waals surface area contributed by atoms with E-state index in [1.54, 1.807) is 18.2 Å². The van der Waals surface area contributed by atoms with Crippen LogP contribution >= 0.6 is 11.6 Å². The summed E-state index contributed by atoms with van der Waals surface area (Å²) in [5.41, 5.74) is 0.596. The molecule has 0 saturated heterocycles. The molecule has 0 saturated carbocycles. The Morgan fingerprint density at radius 3 is 2.50 bits per heavy atom. The molecule has 2 rings (SSSR count). The fourth-order valence-corrected chi connectivity index (χ4v) is 2.72. The maximum Gasteiger partial charge on any atom is 0.238 e. The predicted octanol–water partition coefficient (Wildman–Crippen LogP) is 4.09. The highest BCUT2D eigenvalue weighted by Crippen LogP contribution is 2.29. The summed E-state index contributed by atoms with van der Waals surface area (Å²) >= 11 is 6.07. The first-order valence-corrected chi connectivity index (χ1v) is 9.66. The highest BCUT2D eigenvalue weighted by molar-refractivity contribution is 6.32. The summed E-state index contributed by atoms with van der Waals surface area (Å²) in [5.74, 6) is 1.79. The number of ether oxygens (including phenoxy) is 3. The number of nitrogens with zero attached hydrogens (tertiary/aromatic N) is 1. The van der Waals surface area contributed by atoms with E-state index in [0.717, 1.165) is 0 Å². The molecule has 6 nitrogen and oxygen atoms in total. The minimum Gasteiger partial charge on any atom is -0.494 e. The molecule has 0 radical (unpaired) electrons. The van der Waals surface area contributed by atoms with Crippen LogP contribution in [0.2, 0.25) is 5.02 Å². The van der Waals surface area contributed by atoms with Gasteiger partial charge in [-0.05, 0) is 45.2 Å². The van der Waals surface area contributed by atoms with Crippen molar-refractivity contribution in [3.63, 3.8) is 0 Å². The van der Waals surface area contributed by atoms with Crippen molar-refractivity contribution in [3.05, 3.63) is 47.5 Å². The summed E-state index contributed by atoms with van der Waals surface area (Å²) in [6, 6.07) is 12.7. The SMILES string of the molecule is CCOc1ccc(OCC)c(NC(=O)CN(C)CCOc2ccccc2Cl)c1. The van der Waals surface area contributed by atoms with Gasteiger partial charge in [0.2, 0.25) is 5.91 Å². The van der Waals surface area contributed by atoms with Gasteiger partial charge in [-0.3, -0.25) is 9.69 Å². The summed E-state index contributed by atoms with van der Waals surface area (Å²) < 4.78 is 16.7. The molecular weight excluding hydrogens is 380 g/mol.